The van der Waals surface area contributed by atoms with E-state index in [4.69, 9.17) is 0 Å². The van der Waals surface area contributed by atoms with Gasteiger partial charge in [0.25, 0.3) is 0 Å². The molecule has 0 bridgehead atoms. The van der Waals surface area contributed by atoms with Gasteiger partial charge in [-0.05, 0) is 12.0 Å². The van der Waals surface area contributed by atoms with Crippen LogP contribution >= 0.6 is 0 Å². The maximum Gasteiger partial charge on any atom is 0.144 e. The molecule has 2 rings (SSSR count). The van der Waals surface area contributed by atoms with E-state index in [0.29, 0.717) is 0 Å². The zero-order chi connectivity index (χ0) is 10.5. The second kappa shape index (κ2) is 4.54. The fraction of sp³-hybridized carbons (Fsp3) is 0.300. The Balaban J connectivity index is 1.80. The summed E-state index contributed by atoms with van der Waals surface area (Å²) in [5.74, 6) is 0.807. The topological polar surface area (TPSA) is 55.6 Å². The number of nitrogens with zero attached hydrogens (tertiary/aromatic N) is 4. The van der Waals surface area contributed by atoms with E-state index in [9.17, 15) is 0 Å². The van der Waals surface area contributed by atoms with Crippen LogP contribution in [-0.2, 0) is 13.5 Å². The third-order valence-corrected chi connectivity index (χ3v) is 2.04. The molecule has 0 spiro atoms. The molecule has 1 N–H and O–H groups in total. The summed E-state index contributed by atoms with van der Waals surface area (Å²) in [7, 11) is 1.92. The van der Waals surface area contributed by atoms with Crippen molar-refractivity contribution in [2.75, 3.05) is 11.9 Å². The molecule has 15 heavy (non-hydrogen) atoms. The van der Waals surface area contributed by atoms with Crippen molar-refractivity contribution in [1.82, 2.24) is 19.7 Å². The van der Waals surface area contributed by atoms with E-state index in [0.717, 1.165) is 18.8 Å². The molecule has 2 aromatic rings. The highest BCUT2D eigenvalue weighted by Gasteiger charge is 1.96. The lowest BCUT2D eigenvalue weighted by atomic mass is 10.2. The molecule has 2 aromatic heterocycles. The first-order valence-electron chi connectivity index (χ1n) is 4.82. The molecule has 0 aliphatic rings. The molecule has 0 atom stereocenters. The highest BCUT2D eigenvalue weighted by atomic mass is 15.2. The monoisotopic (exact) mass is 203 g/mol. The number of rotatable bonds is 4. The second-order valence-electron chi connectivity index (χ2n) is 3.29. The lowest BCUT2D eigenvalue weighted by Crippen LogP contribution is -2.05. The maximum absolute atomic E-state index is 4.12. The van der Waals surface area contributed by atoms with E-state index >= 15 is 0 Å². The molecule has 0 saturated carbocycles. The van der Waals surface area contributed by atoms with E-state index in [1.54, 1.807) is 23.3 Å². The Morgan fingerprint density at radius 1 is 1.33 bits per heavy atom. The normalized spacial score (nSPS) is 10.2. The van der Waals surface area contributed by atoms with Gasteiger partial charge >= 0.3 is 0 Å². The summed E-state index contributed by atoms with van der Waals surface area (Å²) in [6.07, 6.45) is 9.86. The van der Waals surface area contributed by atoms with Crippen molar-refractivity contribution in [1.29, 1.82) is 0 Å². The van der Waals surface area contributed by atoms with Crippen LogP contribution in [0, 0.1) is 0 Å². The van der Waals surface area contributed by atoms with E-state index in [-0.39, 0.29) is 0 Å². The standard InChI is InChI=1S/C10H13N5/c1-15-8-9(6-14-15)2-3-12-10-7-11-4-5-13-10/h4-8H,2-3H2,1H3,(H,12,13). The molecule has 0 fully saturated rings. The van der Waals surface area contributed by atoms with Gasteiger partial charge in [-0.3, -0.25) is 9.67 Å². The van der Waals surface area contributed by atoms with Crippen LogP contribution < -0.4 is 5.32 Å². The van der Waals surface area contributed by atoms with Gasteiger partial charge in [0.2, 0.25) is 0 Å². The second-order valence-corrected chi connectivity index (χ2v) is 3.29. The molecule has 0 unspecified atom stereocenters. The van der Waals surface area contributed by atoms with E-state index in [1.165, 1.54) is 5.56 Å². The van der Waals surface area contributed by atoms with Gasteiger partial charge in [0, 0.05) is 32.2 Å². The van der Waals surface area contributed by atoms with Gasteiger partial charge in [-0.1, -0.05) is 0 Å². The van der Waals surface area contributed by atoms with Gasteiger partial charge in [0.05, 0.1) is 12.4 Å². The Kier molecular flexibility index (Phi) is 2.92. The molecule has 0 amide bonds. The molecule has 5 nitrogen and oxygen atoms in total. The number of nitrogens with one attached hydrogen (secondary N) is 1. The lowest BCUT2D eigenvalue weighted by molar-refractivity contribution is 0.767. The van der Waals surface area contributed by atoms with E-state index < -0.39 is 0 Å². The van der Waals surface area contributed by atoms with Crippen LogP contribution in [0.4, 0.5) is 5.82 Å². The Bertz CT molecular complexity index is 409. The Hall–Kier alpha value is -1.91. The lowest BCUT2D eigenvalue weighted by Gasteiger charge is -2.02. The minimum Gasteiger partial charge on any atom is -0.368 e. The summed E-state index contributed by atoms with van der Waals surface area (Å²) in [5.41, 5.74) is 1.22. The minimum atomic E-state index is 0.807. The summed E-state index contributed by atoms with van der Waals surface area (Å²) in [5, 5.41) is 7.29. The minimum absolute atomic E-state index is 0.807. The van der Waals surface area contributed by atoms with Gasteiger partial charge in [-0.2, -0.15) is 5.10 Å². The molecule has 2 heterocycles. The molecule has 0 aliphatic carbocycles. The highest BCUT2D eigenvalue weighted by Crippen LogP contribution is 2.00. The van der Waals surface area contributed by atoms with Crippen molar-refractivity contribution in [2.45, 2.75) is 6.42 Å². The van der Waals surface area contributed by atoms with Crippen LogP contribution in [0.2, 0.25) is 0 Å². The molecule has 5 heteroatoms. The zero-order valence-electron chi connectivity index (χ0n) is 8.59. The van der Waals surface area contributed by atoms with Crippen LogP contribution in [0.3, 0.4) is 0 Å². The van der Waals surface area contributed by atoms with Gasteiger partial charge < -0.3 is 5.32 Å². The van der Waals surface area contributed by atoms with Crippen LogP contribution in [0.25, 0.3) is 0 Å². The fourth-order valence-corrected chi connectivity index (χ4v) is 1.33. The third kappa shape index (κ3) is 2.77. The van der Waals surface area contributed by atoms with Crippen molar-refractivity contribution in [3.8, 4) is 0 Å². The first-order valence-corrected chi connectivity index (χ1v) is 4.82. The molecular formula is C10H13N5. The van der Waals surface area contributed by atoms with Gasteiger partial charge in [-0.15, -0.1) is 0 Å². The Labute approximate surface area is 88.2 Å². The Morgan fingerprint density at radius 2 is 2.27 bits per heavy atom. The zero-order valence-corrected chi connectivity index (χ0v) is 8.59. The summed E-state index contributed by atoms with van der Waals surface area (Å²) in [6.45, 7) is 0.838. The first-order chi connectivity index (χ1) is 7.34. The molecule has 0 aromatic carbocycles. The van der Waals surface area contributed by atoms with Crippen molar-refractivity contribution in [2.24, 2.45) is 7.05 Å². The molecular weight excluding hydrogens is 190 g/mol. The van der Waals surface area contributed by atoms with Crippen LogP contribution in [-0.4, -0.2) is 26.3 Å². The Morgan fingerprint density at radius 3 is 2.93 bits per heavy atom. The largest absolute Gasteiger partial charge is 0.368 e. The predicted octanol–water partition coefficient (Wildman–Crippen LogP) is 0.865. The molecule has 78 valence electrons. The average molecular weight is 203 g/mol. The van der Waals surface area contributed by atoms with Crippen LogP contribution in [0.15, 0.2) is 31.0 Å². The van der Waals surface area contributed by atoms with Crippen molar-refractivity contribution >= 4 is 5.82 Å². The number of anilines is 1. The van der Waals surface area contributed by atoms with Crippen molar-refractivity contribution in [3.05, 3.63) is 36.5 Å². The van der Waals surface area contributed by atoms with Gasteiger partial charge in [0.15, 0.2) is 0 Å². The summed E-state index contributed by atoms with van der Waals surface area (Å²) >= 11 is 0. The summed E-state index contributed by atoms with van der Waals surface area (Å²) in [6, 6.07) is 0. The summed E-state index contributed by atoms with van der Waals surface area (Å²) < 4.78 is 1.80. The smallest absolute Gasteiger partial charge is 0.144 e. The number of aromatic nitrogens is 4. The van der Waals surface area contributed by atoms with Crippen molar-refractivity contribution in [3.63, 3.8) is 0 Å². The molecule has 0 saturated heterocycles. The summed E-state index contributed by atoms with van der Waals surface area (Å²) in [4.78, 5) is 8.09. The maximum atomic E-state index is 4.12. The number of hydrogen-bond donors (Lipinski definition) is 1. The van der Waals surface area contributed by atoms with Crippen LogP contribution in [0.1, 0.15) is 5.56 Å². The van der Waals surface area contributed by atoms with Crippen molar-refractivity contribution < 1.29 is 0 Å². The van der Waals surface area contributed by atoms with Crippen LogP contribution in [0.5, 0.6) is 0 Å². The van der Waals surface area contributed by atoms with E-state index in [1.807, 2.05) is 19.4 Å². The number of hydrogen-bond acceptors (Lipinski definition) is 4. The fourth-order valence-electron chi connectivity index (χ4n) is 1.33. The highest BCUT2D eigenvalue weighted by molar-refractivity contribution is 5.29. The predicted molar refractivity (Wildman–Crippen MR) is 57.4 cm³/mol. The first kappa shape index (κ1) is 9.64. The van der Waals surface area contributed by atoms with E-state index in [2.05, 4.69) is 20.4 Å². The molecule has 0 radical (unpaired) electrons. The third-order valence-electron chi connectivity index (χ3n) is 2.04. The van der Waals surface area contributed by atoms with Gasteiger partial charge in [-0.25, -0.2) is 4.98 Å². The molecule has 0 aliphatic heterocycles. The number of aryl methyl sites for hydroxylation is 1. The SMILES string of the molecule is Cn1cc(CCNc2cnccn2)cn1. The van der Waals surface area contributed by atoms with Gasteiger partial charge in [0.1, 0.15) is 5.82 Å². The quantitative estimate of drug-likeness (QED) is 0.801. The average Bonchev–Trinajstić information content (AvgIpc) is 2.66.